The van der Waals surface area contributed by atoms with Crippen molar-refractivity contribution in [3.8, 4) is 6.07 Å². The molecule has 2 aliphatic heterocycles. The summed E-state index contributed by atoms with van der Waals surface area (Å²) in [7, 11) is 0. The molecule has 3 heterocycles. The molecule has 2 aromatic rings. The number of piperidine rings is 1. The van der Waals surface area contributed by atoms with Crippen LogP contribution in [0, 0.1) is 17.2 Å². The largest absolute Gasteiger partial charge is 0.367 e. The molecule has 1 aromatic heterocycles. The fourth-order valence-electron chi connectivity index (χ4n) is 4.34. The minimum atomic E-state index is -1.41. The van der Waals surface area contributed by atoms with Crippen molar-refractivity contribution in [2.45, 2.75) is 37.9 Å². The van der Waals surface area contributed by atoms with E-state index in [1.807, 2.05) is 6.07 Å². The van der Waals surface area contributed by atoms with Crippen molar-refractivity contribution in [3.05, 3.63) is 30.1 Å². The van der Waals surface area contributed by atoms with Crippen LogP contribution in [0.15, 0.2) is 24.5 Å². The average molecular weight is 396 g/mol. The molecule has 29 heavy (non-hydrogen) atoms. The first-order valence-corrected chi connectivity index (χ1v) is 10.1. The Morgan fingerprint density at radius 3 is 2.76 bits per heavy atom. The van der Waals surface area contributed by atoms with E-state index in [1.165, 1.54) is 0 Å². The van der Waals surface area contributed by atoms with Crippen LogP contribution < -0.4 is 15.5 Å². The molecule has 0 radical (unpaired) electrons. The Labute approximate surface area is 169 Å². The van der Waals surface area contributed by atoms with Crippen LogP contribution in [0.2, 0.25) is 0 Å². The second-order valence-corrected chi connectivity index (χ2v) is 8.13. The monoisotopic (exact) mass is 396 g/mol. The summed E-state index contributed by atoms with van der Waals surface area (Å²) in [5.74, 6) is -0.0116. The molecule has 4 rings (SSSR count). The summed E-state index contributed by atoms with van der Waals surface area (Å²) in [6.07, 6.45) is 3.87. The van der Waals surface area contributed by atoms with E-state index in [2.05, 4.69) is 38.5 Å². The van der Waals surface area contributed by atoms with Gasteiger partial charge in [0, 0.05) is 25.5 Å². The third-order valence-electron chi connectivity index (χ3n) is 6.00. The van der Waals surface area contributed by atoms with Gasteiger partial charge in [-0.1, -0.05) is 6.92 Å². The lowest BCUT2D eigenvalue weighted by molar-refractivity contribution is -0.125. The Balaban J connectivity index is 1.47. The lowest BCUT2D eigenvalue weighted by Crippen LogP contribution is -2.46. The molecule has 1 amide bonds. The van der Waals surface area contributed by atoms with Crippen molar-refractivity contribution in [1.29, 1.82) is 5.26 Å². The van der Waals surface area contributed by atoms with E-state index in [4.69, 9.17) is 0 Å². The van der Waals surface area contributed by atoms with Crippen molar-refractivity contribution in [3.63, 3.8) is 0 Å². The molecule has 2 saturated heterocycles. The van der Waals surface area contributed by atoms with Gasteiger partial charge in [0.2, 0.25) is 5.91 Å². The minimum Gasteiger partial charge on any atom is -0.367 e. The van der Waals surface area contributed by atoms with Gasteiger partial charge in [0.1, 0.15) is 22.8 Å². The van der Waals surface area contributed by atoms with Gasteiger partial charge in [-0.25, -0.2) is 4.39 Å². The highest BCUT2D eigenvalue weighted by molar-refractivity contribution is 5.92. The normalized spacial score (nSPS) is 23.7. The summed E-state index contributed by atoms with van der Waals surface area (Å²) in [4.78, 5) is 23.4. The van der Waals surface area contributed by atoms with Crippen molar-refractivity contribution in [1.82, 2.24) is 20.6 Å². The third kappa shape index (κ3) is 4.01. The van der Waals surface area contributed by atoms with E-state index in [0.717, 1.165) is 12.2 Å². The molecule has 152 valence electrons. The topological polar surface area (TPSA) is 93.9 Å². The number of benzene rings is 1. The molecule has 1 aromatic carbocycles. The number of carbonyl (C=O) groups excluding carboxylic acids is 1. The zero-order chi connectivity index (χ0) is 20.4. The molecule has 0 aliphatic carbocycles. The first-order valence-electron chi connectivity index (χ1n) is 10.1. The highest BCUT2D eigenvalue weighted by Gasteiger charge is 2.37. The molecule has 2 fully saturated rings. The summed E-state index contributed by atoms with van der Waals surface area (Å²) >= 11 is 0. The zero-order valence-corrected chi connectivity index (χ0v) is 16.5. The number of alkyl halides is 1. The lowest BCUT2D eigenvalue weighted by atomic mass is 9.90. The number of nitrogens with zero attached hydrogens (tertiary/aromatic N) is 4. The summed E-state index contributed by atoms with van der Waals surface area (Å²) in [6.45, 7) is 4.67. The molecule has 0 spiro atoms. The molecule has 8 heteroatoms. The maximum absolute atomic E-state index is 14.8. The molecule has 0 saturated carbocycles. The summed E-state index contributed by atoms with van der Waals surface area (Å²) in [5, 5.41) is 15.5. The number of anilines is 1. The van der Waals surface area contributed by atoms with E-state index in [-0.39, 0.29) is 24.3 Å². The highest BCUT2D eigenvalue weighted by atomic mass is 19.1. The van der Waals surface area contributed by atoms with Crippen LogP contribution in [-0.2, 0) is 4.79 Å². The SMILES string of the molecule is C[C@@H]1CN(c2ccc(C#N)c3nccnc23)CC1NC(=O)CC1(F)CCNCC1. The fraction of sp³-hybridized carbons (Fsp3) is 0.524. The predicted octanol–water partition coefficient (Wildman–Crippen LogP) is 1.92. The van der Waals surface area contributed by atoms with Gasteiger partial charge in [-0.15, -0.1) is 0 Å². The first kappa shape index (κ1) is 19.5. The van der Waals surface area contributed by atoms with Crippen LogP contribution in [0.3, 0.4) is 0 Å². The Morgan fingerprint density at radius 2 is 2.03 bits per heavy atom. The van der Waals surface area contributed by atoms with Crippen molar-refractivity contribution in [2.24, 2.45) is 5.92 Å². The number of nitriles is 1. The number of hydrogen-bond acceptors (Lipinski definition) is 6. The summed E-state index contributed by atoms with van der Waals surface area (Å²) in [6, 6.07) is 5.74. The van der Waals surface area contributed by atoms with Crippen LogP contribution in [-0.4, -0.2) is 53.8 Å². The zero-order valence-electron chi connectivity index (χ0n) is 16.5. The van der Waals surface area contributed by atoms with Crippen LogP contribution in [0.1, 0.15) is 31.7 Å². The number of carbonyl (C=O) groups is 1. The molecule has 7 nitrogen and oxygen atoms in total. The predicted molar refractivity (Wildman–Crippen MR) is 108 cm³/mol. The second-order valence-electron chi connectivity index (χ2n) is 8.13. The van der Waals surface area contributed by atoms with Gasteiger partial charge in [-0.05, 0) is 44.0 Å². The Morgan fingerprint density at radius 1 is 1.31 bits per heavy atom. The Hall–Kier alpha value is -2.79. The van der Waals surface area contributed by atoms with E-state index in [0.29, 0.717) is 49.1 Å². The van der Waals surface area contributed by atoms with Crippen molar-refractivity contribution in [2.75, 3.05) is 31.1 Å². The number of rotatable bonds is 4. The number of fused-ring (bicyclic) bond motifs is 1. The molecule has 2 N–H and O–H groups in total. The van der Waals surface area contributed by atoms with Gasteiger partial charge in [0.05, 0.1) is 23.7 Å². The van der Waals surface area contributed by atoms with Crippen molar-refractivity contribution >= 4 is 22.6 Å². The number of hydrogen-bond donors (Lipinski definition) is 2. The molecule has 2 aliphatic rings. The average Bonchev–Trinajstić information content (AvgIpc) is 3.07. The van der Waals surface area contributed by atoms with E-state index in [1.54, 1.807) is 18.5 Å². The second kappa shape index (κ2) is 7.91. The van der Waals surface area contributed by atoms with Gasteiger partial charge >= 0.3 is 0 Å². The number of nitrogens with one attached hydrogen (secondary N) is 2. The van der Waals surface area contributed by atoms with Gasteiger partial charge in [0.15, 0.2) is 0 Å². The van der Waals surface area contributed by atoms with Gasteiger partial charge in [0.25, 0.3) is 0 Å². The fourth-order valence-corrected chi connectivity index (χ4v) is 4.34. The molecule has 0 bridgehead atoms. The highest BCUT2D eigenvalue weighted by Crippen LogP contribution is 2.31. The summed E-state index contributed by atoms with van der Waals surface area (Å²) in [5.41, 5.74) is 1.25. The number of amides is 1. The Kier molecular flexibility index (Phi) is 5.33. The van der Waals surface area contributed by atoms with E-state index < -0.39 is 5.67 Å². The molecule has 1 unspecified atom stereocenters. The van der Waals surface area contributed by atoms with Crippen LogP contribution >= 0.6 is 0 Å². The van der Waals surface area contributed by atoms with Gasteiger partial charge in [-0.2, -0.15) is 5.26 Å². The Bertz CT molecular complexity index is 952. The first-order chi connectivity index (χ1) is 14.0. The van der Waals surface area contributed by atoms with Gasteiger partial charge < -0.3 is 15.5 Å². The van der Waals surface area contributed by atoms with Crippen LogP contribution in [0.25, 0.3) is 11.0 Å². The lowest BCUT2D eigenvalue weighted by Gasteiger charge is -2.30. The molecular formula is C21H25FN6O. The third-order valence-corrected chi connectivity index (χ3v) is 6.00. The maximum Gasteiger partial charge on any atom is 0.223 e. The number of halogens is 1. The molecular weight excluding hydrogens is 371 g/mol. The van der Waals surface area contributed by atoms with E-state index in [9.17, 15) is 14.4 Å². The maximum atomic E-state index is 14.8. The van der Waals surface area contributed by atoms with Crippen molar-refractivity contribution < 1.29 is 9.18 Å². The van der Waals surface area contributed by atoms with Gasteiger partial charge in [-0.3, -0.25) is 14.8 Å². The molecule has 2 atom stereocenters. The smallest absolute Gasteiger partial charge is 0.223 e. The minimum absolute atomic E-state index is 0.0600. The van der Waals surface area contributed by atoms with Crippen LogP contribution in [0.4, 0.5) is 10.1 Å². The summed E-state index contributed by atoms with van der Waals surface area (Å²) < 4.78 is 14.8. The number of aromatic nitrogens is 2. The quantitative estimate of drug-likeness (QED) is 0.820. The van der Waals surface area contributed by atoms with E-state index >= 15 is 0 Å². The standard InChI is InChI=1S/C21H25FN6O/c1-14-12-28(17-3-2-15(11-23)19-20(17)26-9-8-25-19)13-16(14)27-18(29)10-21(22)4-6-24-7-5-21/h2-3,8-9,14,16,24H,4-7,10,12-13H2,1H3,(H,27,29)/t14-,16?/m1/s1. The van der Waals surface area contributed by atoms with Crippen LogP contribution in [0.5, 0.6) is 0 Å².